The Hall–Kier alpha value is -1.71. The molecule has 1 aromatic carbocycles. The quantitative estimate of drug-likeness (QED) is 0.325. The molecule has 0 aromatic heterocycles. The number of piperidine rings is 1. The van der Waals surface area contributed by atoms with E-state index in [1.807, 2.05) is 38.1 Å². The van der Waals surface area contributed by atoms with Crippen molar-refractivity contribution in [3.05, 3.63) is 29.8 Å². The smallest absolute Gasteiger partial charge is 0.314 e. The van der Waals surface area contributed by atoms with E-state index in [0.29, 0.717) is 19.6 Å². The first-order valence-electron chi connectivity index (χ1n) is 9.30. The maximum Gasteiger partial charge on any atom is 0.314 e. The highest BCUT2D eigenvalue weighted by Gasteiger charge is 2.21. The molecule has 0 spiro atoms. The molecule has 7 nitrogen and oxygen atoms in total. The number of rotatable bonds is 6. The van der Waals surface area contributed by atoms with Gasteiger partial charge in [0.2, 0.25) is 0 Å². The molecule has 152 valence electrons. The van der Waals surface area contributed by atoms with Crippen molar-refractivity contribution in [3.63, 3.8) is 0 Å². The SMILES string of the molecule is CCNC(=NCC(C)Oc1ccc(C)cc1)NC1CCN(C(N)=O)CC1.I. The lowest BCUT2D eigenvalue weighted by atomic mass is 10.1. The van der Waals surface area contributed by atoms with Crippen LogP contribution in [0.1, 0.15) is 32.3 Å². The zero-order valence-corrected chi connectivity index (χ0v) is 18.7. The van der Waals surface area contributed by atoms with Gasteiger partial charge in [-0.1, -0.05) is 17.7 Å². The van der Waals surface area contributed by atoms with Crippen molar-refractivity contribution in [3.8, 4) is 5.75 Å². The Morgan fingerprint density at radius 3 is 2.52 bits per heavy atom. The number of likely N-dealkylation sites (tertiary alicyclic amines) is 1. The summed E-state index contributed by atoms with van der Waals surface area (Å²) >= 11 is 0. The van der Waals surface area contributed by atoms with Crippen molar-refractivity contribution in [1.82, 2.24) is 15.5 Å². The molecule has 0 saturated carbocycles. The number of carbonyl (C=O) groups is 1. The van der Waals surface area contributed by atoms with E-state index in [1.165, 1.54) is 5.56 Å². The Morgan fingerprint density at radius 2 is 1.96 bits per heavy atom. The second-order valence-electron chi connectivity index (χ2n) is 6.71. The molecule has 1 saturated heterocycles. The number of nitrogens with one attached hydrogen (secondary N) is 2. The highest BCUT2D eigenvalue weighted by molar-refractivity contribution is 14.0. The summed E-state index contributed by atoms with van der Waals surface area (Å²) in [5.41, 5.74) is 6.54. The Bertz CT molecular complexity index is 601. The third-order valence-electron chi connectivity index (χ3n) is 4.36. The van der Waals surface area contributed by atoms with Crippen LogP contribution in [0.5, 0.6) is 5.75 Å². The van der Waals surface area contributed by atoms with Gasteiger partial charge in [-0.25, -0.2) is 9.79 Å². The molecular weight excluding hydrogens is 457 g/mol. The summed E-state index contributed by atoms with van der Waals surface area (Å²) in [5.74, 6) is 1.64. The highest BCUT2D eigenvalue weighted by atomic mass is 127. The topological polar surface area (TPSA) is 92.0 Å². The monoisotopic (exact) mass is 489 g/mol. The molecule has 27 heavy (non-hydrogen) atoms. The van der Waals surface area contributed by atoms with Gasteiger partial charge in [0.15, 0.2) is 5.96 Å². The summed E-state index contributed by atoms with van der Waals surface area (Å²) in [4.78, 5) is 17.5. The lowest BCUT2D eigenvalue weighted by Crippen LogP contribution is -2.50. The lowest BCUT2D eigenvalue weighted by Gasteiger charge is -2.32. The van der Waals surface area contributed by atoms with E-state index in [0.717, 1.165) is 31.1 Å². The number of halogens is 1. The zero-order chi connectivity index (χ0) is 18.9. The molecule has 2 amide bonds. The number of hydrogen-bond acceptors (Lipinski definition) is 3. The van der Waals surface area contributed by atoms with Gasteiger partial charge in [0.25, 0.3) is 0 Å². The molecule has 0 radical (unpaired) electrons. The number of benzene rings is 1. The van der Waals surface area contributed by atoms with Crippen LogP contribution in [0.2, 0.25) is 0 Å². The van der Waals surface area contributed by atoms with Gasteiger partial charge >= 0.3 is 6.03 Å². The highest BCUT2D eigenvalue weighted by Crippen LogP contribution is 2.13. The molecule has 0 bridgehead atoms. The first kappa shape index (κ1) is 23.3. The average molecular weight is 489 g/mol. The van der Waals surface area contributed by atoms with Crippen LogP contribution in [0.4, 0.5) is 4.79 Å². The van der Waals surface area contributed by atoms with Crippen LogP contribution in [0.3, 0.4) is 0 Å². The van der Waals surface area contributed by atoms with Gasteiger partial charge in [-0.15, -0.1) is 24.0 Å². The zero-order valence-electron chi connectivity index (χ0n) is 16.4. The van der Waals surface area contributed by atoms with E-state index in [1.54, 1.807) is 4.90 Å². The van der Waals surface area contributed by atoms with Gasteiger partial charge < -0.3 is 26.0 Å². The molecule has 4 N–H and O–H groups in total. The van der Waals surface area contributed by atoms with Gasteiger partial charge in [0.1, 0.15) is 11.9 Å². The van der Waals surface area contributed by atoms with Crippen LogP contribution in [-0.4, -0.2) is 55.2 Å². The van der Waals surface area contributed by atoms with E-state index in [4.69, 9.17) is 10.5 Å². The number of guanidine groups is 1. The van der Waals surface area contributed by atoms with Crippen molar-refractivity contribution in [2.45, 2.75) is 45.8 Å². The predicted octanol–water partition coefficient (Wildman–Crippen LogP) is 2.48. The molecule has 1 heterocycles. The number of hydrogen-bond donors (Lipinski definition) is 3. The van der Waals surface area contributed by atoms with Crippen molar-refractivity contribution >= 4 is 36.0 Å². The van der Waals surface area contributed by atoms with E-state index in [2.05, 4.69) is 22.5 Å². The van der Waals surface area contributed by atoms with Crippen LogP contribution in [0.15, 0.2) is 29.3 Å². The second kappa shape index (κ2) is 11.9. The molecule has 1 atom stereocenters. The standard InChI is InChI=1S/C19H31N5O2.HI/c1-4-21-19(23-16-9-11-24(12-10-16)18(20)25)22-13-15(3)26-17-7-5-14(2)6-8-17;/h5-8,15-16H,4,9-13H2,1-3H3,(H2,20,25)(H2,21,22,23);1H. The van der Waals surface area contributed by atoms with Gasteiger partial charge in [-0.3, -0.25) is 0 Å². The van der Waals surface area contributed by atoms with Crippen LogP contribution in [0, 0.1) is 6.92 Å². The van der Waals surface area contributed by atoms with Crippen LogP contribution >= 0.6 is 24.0 Å². The Balaban J connectivity index is 0.00000364. The molecule has 1 aliphatic rings. The number of nitrogens with two attached hydrogens (primary N) is 1. The largest absolute Gasteiger partial charge is 0.489 e. The van der Waals surface area contributed by atoms with Gasteiger partial charge in [0, 0.05) is 25.7 Å². The summed E-state index contributed by atoms with van der Waals surface area (Å²) < 4.78 is 5.91. The number of ether oxygens (including phenoxy) is 1. The normalized spacial score (nSPS) is 16.3. The Morgan fingerprint density at radius 1 is 1.33 bits per heavy atom. The number of primary amides is 1. The fraction of sp³-hybridized carbons (Fsp3) is 0.579. The molecule has 1 aromatic rings. The number of nitrogens with zero attached hydrogens (tertiary/aromatic N) is 2. The summed E-state index contributed by atoms with van der Waals surface area (Å²) in [6.45, 7) is 8.82. The van der Waals surface area contributed by atoms with E-state index in [-0.39, 0.29) is 42.2 Å². The third-order valence-corrected chi connectivity index (χ3v) is 4.36. The predicted molar refractivity (Wildman–Crippen MR) is 120 cm³/mol. The summed E-state index contributed by atoms with van der Waals surface area (Å²) in [5, 5.41) is 6.72. The van der Waals surface area contributed by atoms with Gasteiger partial charge in [-0.2, -0.15) is 0 Å². The first-order chi connectivity index (χ1) is 12.5. The Kier molecular flexibility index (Phi) is 10.3. The first-order valence-corrected chi connectivity index (χ1v) is 9.30. The number of aliphatic imine (C=N–C) groups is 1. The number of carbonyl (C=O) groups excluding carboxylic acids is 1. The molecule has 2 rings (SSSR count). The number of amides is 2. The van der Waals surface area contributed by atoms with Gasteiger partial charge in [0.05, 0.1) is 6.54 Å². The maximum atomic E-state index is 11.2. The average Bonchev–Trinajstić information content (AvgIpc) is 2.62. The maximum absolute atomic E-state index is 11.2. The molecule has 1 aliphatic heterocycles. The second-order valence-corrected chi connectivity index (χ2v) is 6.71. The minimum Gasteiger partial charge on any atom is -0.489 e. The summed E-state index contributed by atoms with van der Waals surface area (Å²) in [6.07, 6.45) is 1.70. The van der Waals surface area contributed by atoms with E-state index >= 15 is 0 Å². The number of urea groups is 1. The minimum absolute atomic E-state index is 0. The molecular formula is C19H32IN5O2. The van der Waals surface area contributed by atoms with Crippen LogP contribution in [0.25, 0.3) is 0 Å². The molecule has 1 unspecified atom stereocenters. The number of aryl methyl sites for hydroxylation is 1. The van der Waals surface area contributed by atoms with Crippen molar-refractivity contribution in [1.29, 1.82) is 0 Å². The van der Waals surface area contributed by atoms with Crippen LogP contribution < -0.4 is 21.1 Å². The fourth-order valence-corrected chi connectivity index (χ4v) is 2.86. The van der Waals surface area contributed by atoms with Crippen molar-refractivity contribution in [2.75, 3.05) is 26.2 Å². The van der Waals surface area contributed by atoms with Crippen molar-refractivity contribution < 1.29 is 9.53 Å². The van der Waals surface area contributed by atoms with E-state index < -0.39 is 0 Å². The van der Waals surface area contributed by atoms with Crippen molar-refractivity contribution in [2.24, 2.45) is 10.7 Å². The summed E-state index contributed by atoms with van der Waals surface area (Å²) in [6, 6.07) is 7.98. The van der Waals surface area contributed by atoms with Crippen LogP contribution in [-0.2, 0) is 0 Å². The molecule has 0 aliphatic carbocycles. The summed E-state index contributed by atoms with van der Waals surface area (Å²) in [7, 11) is 0. The molecule has 1 fully saturated rings. The molecule has 8 heteroatoms. The third kappa shape index (κ3) is 8.23. The lowest BCUT2D eigenvalue weighted by molar-refractivity contribution is 0.188. The fourth-order valence-electron chi connectivity index (χ4n) is 2.86. The minimum atomic E-state index is -0.342. The Labute approximate surface area is 179 Å². The van der Waals surface area contributed by atoms with Gasteiger partial charge in [-0.05, 0) is 45.7 Å². The van der Waals surface area contributed by atoms with E-state index in [9.17, 15) is 4.79 Å².